The predicted octanol–water partition coefficient (Wildman–Crippen LogP) is 2.54. The van der Waals surface area contributed by atoms with Gasteiger partial charge in [0, 0.05) is 11.1 Å². The van der Waals surface area contributed by atoms with Crippen LogP contribution in [0.4, 0.5) is 0 Å². The fourth-order valence-corrected chi connectivity index (χ4v) is 2.97. The summed E-state index contributed by atoms with van der Waals surface area (Å²) in [5, 5.41) is 11.0. The van der Waals surface area contributed by atoms with Gasteiger partial charge in [0.1, 0.15) is 0 Å². The maximum absolute atomic E-state index is 5.40. The van der Waals surface area contributed by atoms with Gasteiger partial charge in [0.05, 0.1) is 18.5 Å². The van der Waals surface area contributed by atoms with Gasteiger partial charge < -0.3 is 14.6 Å². The Morgan fingerprint density at radius 3 is 3.05 bits per heavy atom. The smallest absolute Gasteiger partial charge is 0.277 e. The van der Waals surface area contributed by atoms with Gasteiger partial charge >= 0.3 is 0 Å². The molecule has 3 rings (SSSR count). The highest BCUT2D eigenvalue weighted by atomic mass is 32.2. The summed E-state index contributed by atoms with van der Waals surface area (Å²) in [6.07, 6.45) is 1.64. The number of nitrogens with two attached hydrogens (primary N) is 1. The summed E-state index contributed by atoms with van der Waals surface area (Å²) in [5.74, 6) is 1.89. The molecule has 0 aliphatic rings. The second-order valence-electron chi connectivity index (χ2n) is 3.58. The Morgan fingerprint density at radius 2 is 2.32 bits per heavy atom. The molecule has 98 valence electrons. The lowest BCUT2D eigenvalue weighted by Crippen LogP contribution is -1.95. The Labute approximate surface area is 117 Å². The Hall–Kier alpha value is -1.64. The molecule has 0 radical (unpaired) electrons. The Morgan fingerprint density at radius 1 is 1.37 bits per heavy atom. The molecule has 0 atom stereocenters. The van der Waals surface area contributed by atoms with Gasteiger partial charge in [0.2, 0.25) is 5.89 Å². The molecule has 8 heteroatoms. The molecule has 3 aromatic heterocycles. The van der Waals surface area contributed by atoms with Crippen LogP contribution < -0.4 is 5.73 Å². The van der Waals surface area contributed by atoms with Crippen LogP contribution in [0.25, 0.3) is 10.8 Å². The maximum atomic E-state index is 5.40. The van der Waals surface area contributed by atoms with Crippen LogP contribution in [-0.2, 0) is 12.3 Å². The molecule has 19 heavy (non-hydrogen) atoms. The molecule has 0 aliphatic heterocycles. The number of rotatable bonds is 5. The molecule has 0 saturated heterocycles. The van der Waals surface area contributed by atoms with Crippen LogP contribution in [0.2, 0.25) is 0 Å². The third-order valence-electron chi connectivity index (χ3n) is 2.25. The number of furan rings is 1. The van der Waals surface area contributed by atoms with Gasteiger partial charge in [0.25, 0.3) is 5.22 Å². The van der Waals surface area contributed by atoms with Gasteiger partial charge in [-0.2, -0.15) is 0 Å². The van der Waals surface area contributed by atoms with E-state index < -0.39 is 0 Å². The minimum Gasteiger partial charge on any atom is -0.462 e. The summed E-state index contributed by atoms with van der Waals surface area (Å²) in [4.78, 5) is 4.48. The SMILES string of the molecule is NCc1nnc(SCc2csc(-c3ccco3)n2)o1. The summed E-state index contributed by atoms with van der Waals surface area (Å²) in [7, 11) is 0. The molecular formula is C11H10N4O2S2. The minimum absolute atomic E-state index is 0.257. The largest absolute Gasteiger partial charge is 0.462 e. The van der Waals surface area contributed by atoms with Crippen LogP contribution in [0.5, 0.6) is 0 Å². The lowest BCUT2D eigenvalue weighted by atomic mass is 10.5. The van der Waals surface area contributed by atoms with E-state index in [9.17, 15) is 0 Å². The molecule has 3 heterocycles. The molecule has 0 aliphatic carbocycles. The summed E-state index contributed by atoms with van der Waals surface area (Å²) in [5.41, 5.74) is 6.35. The van der Waals surface area contributed by atoms with Crippen LogP contribution in [0, 0.1) is 0 Å². The van der Waals surface area contributed by atoms with Crippen molar-refractivity contribution >= 4 is 23.1 Å². The summed E-state index contributed by atoms with van der Waals surface area (Å²) in [6.45, 7) is 0.257. The van der Waals surface area contributed by atoms with Gasteiger partial charge in [-0.1, -0.05) is 11.8 Å². The van der Waals surface area contributed by atoms with Crippen molar-refractivity contribution in [3.05, 3.63) is 35.4 Å². The Balaban J connectivity index is 1.64. The number of hydrogen-bond acceptors (Lipinski definition) is 8. The van der Waals surface area contributed by atoms with E-state index in [1.54, 1.807) is 17.6 Å². The fourth-order valence-electron chi connectivity index (χ4n) is 1.40. The van der Waals surface area contributed by atoms with Crippen LogP contribution in [0.3, 0.4) is 0 Å². The van der Waals surface area contributed by atoms with Crippen LogP contribution in [-0.4, -0.2) is 15.2 Å². The van der Waals surface area contributed by atoms with E-state index in [0.717, 1.165) is 16.5 Å². The molecule has 0 bridgehead atoms. The molecular weight excluding hydrogens is 284 g/mol. The normalized spacial score (nSPS) is 11.0. The highest BCUT2D eigenvalue weighted by Gasteiger charge is 2.10. The van der Waals surface area contributed by atoms with E-state index in [4.69, 9.17) is 14.6 Å². The van der Waals surface area contributed by atoms with E-state index in [1.165, 1.54) is 11.8 Å². The average Bonchev–Trinajstić information content (AvgIpc) is 3.16. The van der Waals surface area contributed by atoms with Crippen molar-refractivity contribution in [1.29, 1.82) is 0 Å². The van der Waals surface area contributed by atoms with Gasteiger partial charge in [-0.25, -0.2) is 4.98 Å². The first-order valence-electron chi connectivity index (χ1n) is 5.48. The molecule has 0 aromatic carbocycles. The lowest BCUT2D eigenvalue weighted by molar-refractivity contribution is 0.414. The number of thioether (sulfide) groups is 1. The van der Waals surface area contributed by atoms with Crippen LogP contribution >= 0.6 is 23.1 Å². The molecule has 6 nitrogen and oxygen atoms in total. The predicted molar refractivity (Wildman–Crippen MR) is 71.6 cm³/mol. The van der Waals surface area contributed by atoms with Crippen molar-refractivity contribution in [1.82, 2.24) is 15.2 Å². The number of aromatic nitrogens is 3. The molecule has 0 fully saturated rings. The van der Waals surface area contributed by atoms with Crippen molar-refractivity contribution in [3.8, 4) is 10.8 Å². The molecule has 0 saturated carbocycles. The average molecular weight is 294 g/mol. The van der Waals surface area contributed by atoms with E-state index in [0.29, 0.717) is 16.9 Å². The number of nitrogens with zero attached hydrogens (tertiary/aromatic N) is 3. The van der Waals surface area contributed by atoms with Crippen molar-refractivity contribution in [2.24, 2.45) is 5.73 Å². The molecule has 0 spiro atoms. The van der Waals surface area contributed by atoms with Gasteiger partial charge in [-0.05, 0) is 12.1 Å². The van der Waals surface area contributed by atoms with Gasteiger partial charge in [-0.15, -0.1) is 21.5 Å². The minimum atomic E-state index is 0.257. The fraction of sp³-hybridized carbons (Fsp3) is 0.182. The lowest BCUT2D eigenvalue weighted by Gasteiger charge is -1.92. The highest BCUT2D eigenvalue weighted by molar-refractivity contribution is 7.98. The van der Waals surface area contributed by atoms with E-state index in [1.807, 2.05) is 17.5 Å². The third kappa shape index (κ3) is 2.86. The summed E-state index contributed by atoms with van der Waals surface area (Å²) < 4.78 is 10.6. The standard InChI is InChI=1S/C11H10N4O2S2/c12-4-9-14-15-11(17-9)19-6-7-5-18-10(13-7)8-2-1-3-16-8/h1-3,5H,4,6,12H2. The second-order valence-corrected chi connectivity index (χ2v) is 5.36. The zero-order valence-corrected chi connectivity index (χ0v) is 11.4. The summed E-state index contributed by atoms with van der Waals surface area (Å²) in [6, 6.07) is 3.74. The molecule has 0 unspecified atom stereocenters. The Bertz CT molecular complexity index is 647. The second kappa shape index (κ2) is 5.55. The van der Waals surface area contributed by atoms with Crippen molar-refractivity contribution in [2.45, 2.75) is 17.5 Å². The highest BCUT2D eigenvalue weighted by Crippen LogP contribution is 2.27. The molecule has 0 amide bonds. The quantitative estimate of drug-likeness (QED) is 0.723. The van der Waals surface area contributed by atoms with Gasteiger partial charge in [0.15, 0.2) is 10.8 Å². The Kier molecular flexibility index (Phi) is 3.62. The first-order chi connectivity index (χ1) is 9.35. The number of thiazole rings is 1. The first kappa shape index (κ1) is 12.4. The summed E-state index contributed by atoms with van der Waals surface area (Å²) >= 11 is 2.99. The topological polar surface area (TPSA) is 91.0 Å². The first-order valence-corrected chi connectivity index (χ1v) is 7.35. The van der Waals surface area contributed by atoms with Gasteiger partial charge in [-0.3, -0.25) is 0 Å². The van der Waals surface area contributed by atoms with Crippen molar-refractivity contribution in [3.63, 3.8) is 0 Å². The van der Waals surface area contributed by atoms with E-state index >= 15 is 0 Å². The van der Waals surface area contributed by atoms with Crippen LogP contribution in [0.1, 0.15) is 11.6 Å². The number of hydrogen-bond donors (Lipinski definition) is 1. The third-order valence-corrected chi connectivity index (χ3v) is 4.01. The molecule has 2 N–H and O–H groups in total. The van der Waals surface area contributed by atoms with Crippen molar-refractivity contribution in [2.75, 3.05) is 0 Å². The van der Waals surface area contributed by atoms with E-state index in [-0.39, 0.29) is 6.54 Å². The van der Waals surface area contributed by atoms with E-state index in [2.05, 4.69) is 15.2 Å². The van der Waals surface area contributed by atoms with Crippen LogP contribution in [0.15, 0.2) is 37.8 Å². The molecule has 3 aromatic rings. The monoisotopic (exact) mass is 294 g/mol. The van der Waals surface area contributed by atoms with Crippen molar-refractivity contribution < 1.29 is 8.83 Å². The zero-order chi connectivity index (χ0) is 13.1. The zero-order valence-electron chi connectivity index (χ0n) is 9.78. The maximum Gasteiger partial charge on any atom is 0.277 e.